The number of hydrogen-bond donors (Lipinski definition) is 0. The highest BCUT2D eigenvalue weighted by molar-refractivity contribution is 5.91. The van der Waals surface area contributed by atoms with Crippen molar-refractivity contribution in [2.75, 3.05) is 20.8 Å². The lowest BCUT2D eigenvalue weighted by Gasteiger charge is -2.27. The van der Waals surface area contributed by atoms with Crippen LogP contribution >= 0.6 is 0 Å². The van der Waals surface area contributed by atoms with Crippen LogP contribution in [0.5, 0.6) is 0 Å². The quantitative estimate of drug-likeness (QED) is 0.386. The molecule has 1 aliphatic rings. The monoisotopic (exact) mass is 471 g/mol. The Bertz CT molecular complexity index is 1220. The van der Waals surface area contributed by atoms with Crippen LogP contribution in [-0.2, 0) is 20.8 Å². The van der Waals surface area contributed by atoms with Crippen molar-refractivity contribution in [3.05, 3.63) is 107 Å². The lowest BCUT2D eigenvalue weighted by Crippen LogP contribution is -2.28. The van der Waals surface area contributed by atoms with Crippen molar-refractivity contribution >= 4 is 24.1 Å². The summed E-state index contributed by atoms with van der Waals surface area (Å²) in [6.45, 7) is 0.743. The molecule has 1 fully saturated rings. The van der Waals surface area contributed by atoms with Gasteiger partial charge in [0.1, 0.15) is 6.17 Å². The van der Waals surface area contributed by atoms with Gasteiger partial charge in [0.05, 0.1) is 38.1 Å². The zero-order chi connectivity index (χ0) is 24.8. The number of esters is 2. The molecule has 0 radical (unpaired) electrons. The Morgan fingerprint density at radius 1 is 0.886 bits per heavy atom. The number of hydrogen-bond acceptors (Lipinski definition) is 7. The number of carbonyl (C=O) groups excluding carboxylic acids is 3. The molecule has 0 unspecified atom stereocenters. The lowest BCUT2D eigenvalue weighted by atomic mass is 10.1. The van der Waals surface area contributed by atoms with E-state index >= 15 is 0 Å². The lowest BCUT2D eigenvalue weighted by molar-refractivity contribution is -0.128. The first-order chi connectivity index (χ1) is 17.0. The van der Waals surface area contributed by atoms with Crippen LogP contribution in [0.25, 0.3) is 0 Å². The molecule has 0 aliphatic carbocycles. The molecular weight excluding hydrogens is 446 g/mol. The highest BCUT2D eigenvalue weighted by atomic mass is 16.5. The standard InChI is InChI=1S/C27H25N3O5/c1-34-26(32)22-10-8-19(9-11-22)16-28-30-24(31)18-29(17-20-6-4-3-5-7-20)25(30)21-12-14-23(15-13-21)27(33)35-2/h3-16,25H,17-18H2,1-2H3/b28-16-/t25-/m1/s1. The topological polar surface area (TPSA) is 88.5 Å². The number of ether oxygens (including phenoxy) is 2. The molecule has 1 atom stereocenters. The molecule has 1 saturated heterocycles. The average Bonchev–Trinajstić information content (AvgIpc) is 3.21. The third-order valence-electron chi connectivity index (χ3n) is 5.69. The summed E-state index contributed by atoms with van der Waals surface area (Å²) in [7, 11) is 2.66. The maximum Gasteiger partial charge on any atom is 0.337 e. The van der Waals surface area contributed by atoms with Crippen molar-refractivity contribution in [2.24, 2.45) is 5.10 Å². The van der Waals surface area contributed by atoms with Crippen LogP contribution < -0.4 is 0 Å². The van der Waals surface area contributed by atoms with Gasteiger partial charge in [0.2, 0.25) is 0 Å². The molecule has 178 valence electrons. The van der Waals surface area contributed by atoms with Gasteiger partial charge in [0.15, 0.2) is 0 Å². The molecular formula is C27H25N3O5. The Kier molecular flexibility index (Phi) is 7.32. The fraction of sp³-hybridized carbons (Fsp3) is 0.185. The zero-order valence-corrected chi connectivity index (χ0v) is 19.5. The molecule has 0 spiro atoms. The van der Waals surface area contributed by atoms with Gasteiger partial charge in [0.25, 0.3) is 5.91 Å². The predicted molar refractivity (Wildman–Crippen MR) is 130 cm³/mol. The molecule has 3 aromatic carbocycles. The van der Waals surface area contributed by atoms with Gasteiger partial charge in [-0.2, -0.15) is 5.10 Å². The summed E-state index contributed by atoms with van der Waals surface area (Å²) >= 11 is 0. The molecule has 1 heterocycles. The van der Waals surface area contributed by atoms with Gasteiger partial charge in [-0.1, -0.05) is 54.6 Å². The minimum Gasteiger partial charge on any atom is -0.465 e. The summed E-state index contributed by atoms with van der Waals surface area (Å²) in [6, 6.07) is 23.6. The van der Waals surface area contributed by atoms with Crippen molar-refractivity contribution in [2.45, 2.75) is 12.7 Å². The minimum absolute atomic E-state index is 0.148. The second kappa shape index (κ2) is 10.8. The fourth-order valence-electron chi connectivity index (χ4n) is 3.92. The van der Waals surface area contributed by atoms with Crippen molar-refractivity contribution in [3.8, 4) is 0 Å². The third kappa shape index (κ3) is 5.44. The Hall–Kier alpha value is -4.30. The summed E-state index contributed by atoms with van der Waals surface area (Å²) in [4.78, 5) is 38.6. The van der Waals surface area contributed by atoms with Crippen LogP contribution in [0.3, 0.4) is 0 Å². The maximum atomic E-state index is 13.0. The van der Waals surface area contributed by atoms with Crippen molar-refractivity contribution in [1.82, 2.24) is 9.91 Å². The Balaban J connectivity index is 1.63. The second-order valence-corrected chi connectivity index (χ2v) is 7.97. The van der Waals surface area contributed by atoms with Gasteiger partial charge in [0, 0.05) is 6.54 Å². The van der Waals surface area contributed by atoms with Gasteiger partial charge in [-0.05, 0) is 41.0 Å². The number of methoxy groups -OCH3 is 2. The van der Waals surface area contributed by atoms with Gasteiger partial charge in [-0.15, -0.1) is 0 Å². The van der Waals surface area contributed by atoms with E-state index in [1.165, 1.54) is 19.2 Å². The van der Waals surface area contributed by atoms with Crippen molar-refractivity contribution < 1.29 is 23.9 Å². The second-order valence-electron chi connectivity index (χ2n) is 7.97. The molecule has 3 aromatic rings. The van der Waals surface area contributed by atoms with Crippen LogP contribution in [-0.4, -0.2) is 54.7 Å². The summed E-state index contributed by atoms with van der Waals surface area (Å²) in [6.07, 6.45) is 1.13. The molecule has 8 nitrogen and oxygen atoms in total. The van der Waals surface area contributed by atoms with E-state index in [-0.39, 0.29) is 12.5 Å². The molecule has 4 rings (SSSR count). The molecule has 0 N–H and O–H groups in total. The van der Waals surface area contributed by atoms with E-state index in [9.17, 15) is 14.4 Å². The van der Waals surface area contributed by atoms with Crippen LogP contribution in [0.4, 0.5) is 0 Å². The van der Waals surface area contributed by atoms with E-state index in [1.807, 2.05) is 35.2 Å². The SMILES string of the molecule is COC(=O)c1ccc(/C=N\N2C(=O)CN(Cc3ccccc3)[C@H]2c2ccc(C(=O)OC)cc2)cc1. The molecule has 1 amide bonds. The van der Waals surface area contributed by atoms with Gasteiger partial charge >= 0.3 is 11.9 Å². The zero-order valence-electron chi connectivity index (χ0n) is 19.5. The number of nitrogens with zero attached hydrogens (tertiary/aromatic N) is 3. The van der Waals surface area contributed by atoms with E-state index in [0.717, 1.165) is 16.7 Å². The maximum absolute atomic E-state index is 13.0. The van der Waals surface area contributed by atoms with Crippen LogP contribution in [0.2, 0.25) is 0 Å². The van der Waals surface area contributed by atoms with Crippen LogP contribution in [0.15, 0.2) is 84.0 Å². The summed E-state index contributed by atoms with van der Waals surface area (Å²) in [5.74, 6) is -0.994. The van der Waals surface area contributed by atoms with E-state index < -0.39 is 18.1 Å². The highest BCUT2D eigenvalue weighted by Crippen LogP contribution is 2.32. The highest BCUT2D eigenvalue weighted by Gasteiger charge is 2.39. The number of amides is 1. The minimum atomic E-state index is -0.458. The molecule has 0 bridgehead atoms. The van der Waals surface area contributed by atoms with Crippen molar-refractivity contribution in [3.63, 3.8) is 0 Å². The summed E-state index contributed by atoms with van der Waals surface area (Å²) in [5, 5.41) is 5.95. The molecule has 35 heavy (non-hydrogen) atoms. The first kappa shape index (κ1) is 23.8. The third-order valence-corrected chi connectivity index (χ3v) is 5.69. The Labute approximate surface area is 203 Å². The summed E-state index contributed by atoms with van der Waals surface area (Å²) < 4.78 is 9.52. The normalized spacial score (nSPS) is 16.0. The van der Waals surface area contributed by atoms with E-state index in [0.29, 0.717) is 17.7 Å². The van der Waals surface area contributed by atoms with Crippen LogP contribution in [0.1, 0.15) is 43.6 Å². The number of carbonyl (C=O) groups is 3. The first-order valence-corrected chi connectivity index (χ1v) is 11.0. The van der Waals surface area contributed by atoms with Crippen LogP contribution in [0, 0.1) is 0 Å². The number of rotatable bonds is 7. The molecule has 0 aromatic heterocycles. The van der Waals surface area contributed by atoms with Gasteiger partial charge in [-0.25, -0.2) is 14.6 Å². The Morgan fingerprint density at radius 2 is 1.46 bits per heavy atom. The number of benzene rings is 3. The van der Waals surface area contributed by atoms with E-state index in [1.54, 1.807) is 54.7 Å². The van der Waals surface area contributed by atoms with E-state index in [4.69, 9.17) is 9.47 Å². The number of hydrazone groups is 1. The average molecular weight is 472 g/mol. The molecule has 1 aliphatic heterocycles. The predicted octanol–water partition coefficient (Wildman–Crippen LogP) is 3.64. The largest absolute Gasteiger partial charge is 0.465 e. The molecule has 0 saturated carbocycles. The fourth-order valence-corrected chi connectivity index (χ4v) is 3.92. The first-order valence-electron chi connectivity index (χ1n) is 11.0. The Morgan fingerprint density at radius 3 is 2.03 bits per heavy atom. The van der Waals surface area contributed by atoms with Gasteiger partial charge < -0.3 is 9.47 Å². The smallest absolute Gasteiger partial charge is 0.337 e. The summed E-state index contributed by atoms with van der Waals surface area (Å²) in [5.41, 5.74) is 3.47. The van der Waals surface area contributed by atoms with Crippen molar-refractivity contribution in [1.29, 1.82) is 0 Å². The molecule has 8 heteroatoms. The van der Waals surface area contributed by atoms with E-state index in [2.05, 4.69) is 5.10 Å². The van der Waals surface area contributed by atoms with Gasteiger partial charge in [-0.3, -0.25) is 9.69 Å².